The lowest BCUT2D eigenvalue weighted by molar-refractivity contribution is 0.111. The standard InChI is InChI=1S/C44H38Cl2N8O4/c1-6-8-10-31(3)53(24-37-16-43(39(26-55)14-41(37)45)57-28-35-12-33(18-47)20-49-22-35)51-30-52(5)54(32(4)11-9-7-2)25-38-17-44(40(27-56)15-42(38)46)58-29-36-13-34(19-48)21-50-23-36/h6-17,20-23,26-27,30H,1-4,24-25,28-29H2,5H3/b10-8-,11-9-,51-30-. The Labute approximate surface area is 347 Å². The van der Waals surface area contributed by atoms with E-state index in [1.54, 1.807) is 102 Å². The van der Waals surface area contributed by atoms with Crippen LogP contribution in [0.25, 0.3) is 0 Å². The summed E-state index contributed by atoms with van der Waals surface area (Å²) >= 11 is 13.4. The van der Waals surface area contributed by atoms with E-state index in [-0.39, 0.29) is 48.9 Å². The van der Waals surface area contributed by atoms with Crippen molar-refractivity contribution in [3.05, 3.63) is 190 Å². The molecule has 0 spiro atoms. The molecule has 0 saturated heterocycles. The molecule has 0 N–H and O–H groups in total. The maximum absolute atomic E-state index is 12.0. The van der Waals surface area contributed by atoms with Gasteiger partial charge in [0.25, 0.3) is 0 Å². The lowest BCUT2D eigenvalue weighted by atomic mass is 10.1. The second kappa shape index (κ2) is 21.7. The predicted molar refractivity (Wildman–Crippen MR) is 225 cm³/mol. The average Bonchev–Trinajstić information content (AvgIpc) is 3.24. The van der Waals surface area contributed by atoms with Crippen LogP contribution in [0.1, 0.15) is 54.1 Å². The summed E-state index contributed by atoms with van der Waals surface area (Å²) < 4.78 is 12.0. The number of benzene rings is 2. The Hall–Kier alpha value is -7.25. The Morgan fingerprint density at radius 3 is 1.71 bits per heavy atom. The zero-order valence-corrected chi connectivity index (χ0v) is 33.1. The number of nitrogens with zero attached hydrogens (tertiary/aromatic N) is 8. The highest BCUT2D eigenvalue weighted by Crippen LogP contribution is 2.31. The molecule has 0 atom stereocenters. The van der Waals surface area contributed by atoms with E-state index in [2.05, 4.69) is 36.3 Å². The van der Waals surface area contributed by atoms with Crippen LogP contribution in [0.5, 0.6) is 11.5 Å². The Kier molecular flexibility index (Phi) is 16.3. The van der Waals surface area contributed by atoms with Gasteiger partial charge in [0.2, 0.25) is 0 Å². The first-order chi connectivity index (χ1) is 28.0. The number of pyridine rings is 2. The second-order valence-electron chi connectivity index (χ2n) is 12.3. The number of carbonyl (C=O) groups is 2. The molecule has 0 aliphatic heterocycles. The van der Waals surface area contributed by atoms with Gasteiger partial charge in [-0.25, -0.2) is 0 Å². The van der Waals surface area contributed by atoms with Crippen LogP contribution >= 0.6 is 23.2 Å². The van der Waals surface area contributed by atoms with E-state index in [1.807, 2.05) is 12.1 Å². The number of carbonyl (C=O) groups excluding carboxylic acids is 2. The topological polar surface area (TPSA) is 148 Å². The van der Waals surface area contributed by atoms with Gasteiger partial charge in [0.1, 0.15) is 43.2 Å². The number of hydrogen-bond donors (Lipinski definition) is 0. The number of hydrazone groups is 1. The molecule has 0 bridgehead atoms. The van der Waals surface area contributed by atoms with E-state index in [9.17, 15) is 20.1 Å². The minimum atomic E-state index is 0.0507. The summed E-state index contributed by atoms with van der Waals surface area (Å²) in [5.74, 6) is 0.555. The fraction of sp³-hybridized carbons (Fsp3) is 0.114. The van der Waals surface area contributed by atoms with Crippen LogP contribution in [0.15, 0.2) is 140 Å². The second-order valence-corrected chi connectivity index (χ2v) is 13.1. The van der Waals surface area contributed by atoms with Crippen molar-refractivity contribution in [2.45, 2.75) is 26.3 Å². The molecule has 58 heavy (non-hydrogen) atoms. The third-order valence-corrected chi connectivity index (χ3v) is 8.84. The van der Waals surface area contributed by atoms with Crippen molar-refractivity contribution in [2.24, 2.45) is 5.10 Å². The lowest BCUT2D eigenvalue weighted by Gasteiger charge is -2.33. The van der Waals surface area contributed by atoms with E-state index >= 15 is 0 Å². The fourth-order valence-electron chi connectivity index (χ4n) is 5.16. The van der Waals surface area contributed by atoms with Crippen LogP contribution in [-0.2, 0) is 26.3 Å². The molecule has 2 heterocycles. The van der Waals surface area contributed by atoms with Crippen molar-refractivity contribution in [1.29, 1.82) is 10.5 Å². The van der Waals surface area contributed by atoms with Gasteiger partial charge in [0, 0.05) is 53.0 Å². The van der Waals surface area contributed by atoms with Crippen LogP contribution in [-0.4, -0.2) is 51.0 Å². The number of nitriles is 2. The van der Waals surface area contributed by atoms with Crippen molar-refractivity contribution < 1.29 is 19.1 Å². The quantitative estimate of drug-likeness (QED) is 0.0261. The Bertz CT molecular complexity index is 2380. The number of allylic oxidation sites excluding steroid dienone is 6. The zero-order valence-electron chi connectivity index (χ0n) is 31.6. The van der Waals surface area contributed by atoms with Crippen LogP contribution in [0.3, 0.4) is 0 Å². The van der Waals surface area contributed by atoms with Gasteiger partial charge in [-0.05, 0) is 59.7 Å². The summed E-state index contributed by atoms with van der Waals surface area (Å²) in [5.41, 5.74) is 4.70. The summed E-state index contributed by atoms with van der Waals surface area (Å²) in [6, 6.07) is 13.8. The van der Waals surface area contributed by atoms with Crippen molar-refractivity contribution in [3.8, 4) is 23.6 Å². The minimum absolute atomic E-state index is 0.0507. The minimum Gasteiger partial charge on any atom is -0.488 e. The van der Waals surface area contributed by atoms with Gasteiger partial charge in [-0.1, -0.05) is 73.8 Å². The van der Waals surface area contributed by atoms with Gasteiger partial charge in [-0.15, -0.1) is 0 Å². The number of aldehydes is 2. The molecule has 4 aromatic rings. The molecule has 0 aliphatic carbocycles. The molecule has 292 valence electrons. The van der Waals surface area contributed by atoms with E-state index in [1.165, 1.54) is 24.5 Å². The first-order valence-corrected chi connectivity index (χ1v) is 18.1. The molecule has 2 aromatic carbocycles. The highest BCUT2D eigenvalue weighted by atomic mass is 35.5. The smallest absolute Gasteiger partial charge is 0.153 e. The molecule has 4 rings (SSSR count). The van der Waals surface area contributed by atoms with Crippen molar-refractivity contribution in [3.63, 3.8) is 0 Å². The van der Waals surface area contributed by atoms with Gasteiger partial charge in [-0.2, -0.15) is 15.6 Å². The molecular formula is C44H38Cl2N8O4. The molecule has 0 aliphatic rings. The first kappa shape index (κ1) is 43.5. The first-order valence-electron chi connectivity index (χ1n) is 17.3. The van der Waals surface area contributed by atoms with Gasteiger partial charge < -0.3 is 9.47 Å². The summed E-state index contributed by atoms with van der Waals surface area (Å²) in [5, 5.41) is 28.9. The molecule has 12 nitrogen and oxygen atoms in total. The largest absolute Gasteiger partial charge is 0.488 e. The number of aromatic nitrogens is 2. The third-order valence-electron chi connectivity index (χ3n) is 8.14. The Morgan fingerprint density at radius 2 is 1.24 bits per heavy atom. The van der Waals surface area contributed by atoms with Crippen molar-refractivity contribution >= 4 is 42.1 Å². The normalized spacial score (nSPS) is 10.8. The van der Waals surface area contributed by atoms with Gasteiger partial charge in [0.15, 0.2) is 12.6 Å². The third kappa shape index (κ3) is 12.1. The van der Waals surface area contributed by atoms with E-state index in [0.717, 1.165) is 0 Å². The monoisotopic (exact) mass is 812 g/mol. The van der Waals surface area contributed by atoms with Gasteiger partial charge in [-0.3, -0.25) is 34.6 Å². The van der Waals surface area contributed by atoms with Gasteiger partial charge in [0.05, 0.1) is 46.7 Å². The fourth-order valence-corrected chi connectivity index (χ4v) is 5.62. The van der Waals surface area contributed by atoms with E-state index in [4.69, 9.17) is 37.8 Å². The summed E-state index contributed by atoms with van der Waals surface area (Å²) in [4.78, 5) is 32.1. The molecule has 0 radical (unpaired) electrons. The van der Waals surface area contributed by atoms with Crippen LogP contribution in [0, 0.1) is 22.7 Å². The van der Waals surface area contributed by atoms with Crippen molar-refractivity contribution in [1.82, 2.24) is 25.0 Å². The number of rotatable bonds is 21. The zero-order chi connectivity index (χ0) is 42.0. The SMILES string of the molecule is C=C/C=C\C(=C)N(Cc1cc(OCc2cncc(C#N)c2)c(C=O)cc1Cl)/N=C\N(C)N(Cc1cc(OCc2cncc(C#N)c2)c(C=O)cc1Cl)C(=C)/C=C\C=C. The Morgan fingerprint density at radius 1 is 0.759 bits per heavy atom. The van der Waals surface area contributed by atoms with Crippen LogP contribution in [0.4, 0.5) is 0 Å². The number of hydrazine groups is 1. The number of halogens is 2. The Balaban J connectivity index is 1.64. The molecular weight excluding hydrogens is 775 g/mol. The molecule has 0 fully saturated rings. The maximum atomic E-state index is 12.0. The predicted octanol–water partition coefficient (Wildman–Crippen LogP) is 8.92. The summed E-state index contributed by atoms with van der Waals surface area (Å²) in [6.07, 6.45) is 19.0. The molecule has 0 unspecified atom stereocenters. The molecule has 2 aromatic heterocycles. The van der Waals surface area contributed by atoms with Crippen molar-refractivity contribution in [2.75, 3.05) is 7.05 Å². The maximum Gasteiger partial charge on any atom is 0.153 e. The lowest BCUT2D eigenvalue weighted by Crippen LogP contribution is -2.37. The summed E-state index contributed by atoms with van der Waals surface area (Å²) in [6.45, 7) is 16.3. The van der Waals surface area contributed by atoms with Crippen LogP contribution in [0.2, 0.25) is 10.0 Å². The molecule has 14 heteroatoms. The van der Waals surface area contributed by atoms with E-state index < -0.39 is 0 Å². The molecule has 0 saturated carbocycles. The highest BCUT2D eigenvalue weighted by molar-refractivity contribution is 6.32. The number of ether oxygens (including phenoxy) is 2. The summed E-state index contributed by atoms with van der Waals surface area (Å²) in [7, 11) is 1.76. The number of hydrogen-bond acceptors (Lipinski definition) is 11. The highest BCUT2D eigenvalue weighted by Gasteiger charge is 2.18. The van der Waals surface area contributed by atoms with E-state index in [0.29, 0.717) is 67.4 Å². The molecule has 0 amide bonds. The average molecular weight is 814 g/mol. The van der Waals surface area contributed by atoms with Gasteiger partial charge >= 0.3 is 0 Å². The van der Waals surface area contributed by atoms with Crippen LogP contribution < -0.4 is 9.47 Å².